The zero-order valence-corrected chi connectivity index (χ0v) is 19.1. The topological polar surface area (TPSA) is 92.8 Å². The smallest absolute Gasteiger partial charge is 0.330 e. The third-order valence-electron chi connectivity index (χ3n) is 5.36. The van der Waals surface area contributed by atoms with Crippen LogP contribution in [0.1, 0.15) is 23.2 Å². The second kappa shape index (κ2) is 10.1. The Morgan fingerprint density at radius 1 is 1.10 bits per heavy atom. The zero-order chi connectivity index (χ0) is 22.4. The van der Waals surface area contributed by atoms with Crippen molar-refractivity contribution in [1.82, 2.24) is 4.57 Å². The van der Waals surface area contributed by atoms with Gasteiger partial charge in [-0.3, -0.25) is 9.36 Å². The number of primary amides is 1. The molecule has 0 saturated heterocycles. The van der Waals surface area contributed by atoms with Gasteiger partial charge in [-0.2, -0.15) is 0 Å². The van der Waals surface area contributed by atoms with Gasteiger partial charge in [0.25, 0.3) is 0 Å². The summed E-state index contributed by atoms with van der Waals surface area (Å²) in [5.74, 6) is 0.308. The van der Waals surface area contributed by atoms with Crippen LogP contribution >= 0.6 is 7.60 Å². The van der Waals surface area contributed by atoms with Crippen molar-refractivity contribution >= 4 is 24.4 Å². The highest BCUT2D eigenvalue weighted by Gasteiger charge is 2.20. The van der Waals surface area contributed by atoms with E-state index in [2.05, 4.69) is 16.7 Å². The van der Waals surface area contributed by atoms with Gasteiger partial charge in [0.15, 0.2) is 0 Å². The molecule has 0 fully saturated rings. The molecule has 1 aromatic heterocycles. The second-order valence-corrected chi connectivity index (χ2v) is 9.76. The van der Waals surface area contributed by atoms with E-state index < -0.39 is 7.60 Å². The molecule has 31 heavy (non-hydrogen) atoms. The molecule has 0 radical (unpaired) electrons. The standard InChI is InChI=1S/C23H29N2O5P/c1-17-20(15-23(24)26)21-14-19(30-12-7-13-31(27,28-2)29-3)10-11-22(21)25(17)16-18-8-5-4-6-9-18/h4-6,8-11,14H,7,12-13,15-16H2,1-3H3,(H2,24,26). The van der Waals surface area contributed by atoms with Gasteiger partial charge in [-0.25, -0.2) is 0 Å². The Labute approximate surface area is 182 Å². The van der Waals surface area contributed by atoms with E-state index in [9.17, 15) is 9.36 Å². The Morgan fingerprint density at radius 2 is 1.81 bits per heavy atom. The first-order chi connectivity index (χ1) is 14.9. The van der Waals surface area contributed by atoms with Crippen molar-refractivity contribution in [3.63, 3.8) is 0 Å². The lowest BCUT2D eigenvalue weighted by atomic mass is 10.1. The van der Waals surface area contributed by atoms with Crippen molar-refractivity contribution in [3.05, 3.63) is 65.4 Å². The summed E-state index contributed by atoms with van der Waals surface area (Å²) in [6.45, 7) is 3.08. The first-order valence-corrected chi connectivity index (χ1v) is 11.9. The quantitative estimate of drug-likeness (QED) is 0.352. The molecule has 2 N–H and O–H groups in total. The molecule has 0 aliphatic carbocycles. The van der Waals surface area contributed by atoms with Crippen LogP contribution in [-0.4, -0.2) is 37.5 Å². The van der Waals surface area contributed by atoms with Crippen molar-refractivity contribution in [2.45, 2.75) is 26.3 Å². The van der Waals surface area contributed by atoms with Crippen LogP contribution in [0, 0.1) is 6.92 Å². The molecule has 0 aliphatic heterocycles. The van der Waals surface area contributed by atoms with Gasteiger partial charge in [0.05, 0.1) is 19.2 Å². The number of hydrogen-bond donors (Lipinski definition) is 1. The number of fused-ring (bicyclic) bond motifs is 1. The summed E-state index contributed by atoms with van der Waals surface area (Å²) in [6, 6.07) is 16.0. The highest BCUT2D eigenvalue weighted by Crippen LogP contribution is 2.46. The van der Waals surface area contributed by atoms with Crippen LogP contribution in [-0.2, 0) is 31.4 Å². The number of nitrogens with two attached hydrogens (primary N) is 1. The molecular formula is C23H29N2O5P. The fraction of sp³-hybridized carbons (Fsp3) is 0.348. The first-order valence-electron chi connectivity index (χ1n) is 10.1. The molecule has 166 valence electrons. The number of carbonyl (C=O) groups excluding carboxylic acids is 1. The van der Waals surface area contributed by atoms with Crippen LogP contribution in [0.3, 0.4) is 0 Å². The summed E-state index contributed by atoms with van der Waals surface area (Å²) >= 11 is 0. The maximum Gasteiger partial charge on any atom is 0.330 e. The third kappa shape index (κ3) is 5.56. The van der Waals surface area contributed by atoms with Crippen molar-refractivity contribution in [2.75, 3.05) is 27.0 Å². The van der Waals surface area contributed by atoms with Gasteiger partial charge in [-0.1, -0.05) is 30.3 Å². The van der Waals surface area contributed by atoms with E-state index in [0.717, 1.165) is 22.2 Å². The molecule has 0 unspecified atom stereocenters. The minimum Gasteiger partial charge on any atom is -0.494 e. The Morgan fingerprint density at radius 3 is 2.45 bits per heavy atom. The van der Waals surface area contributed by atoms with Crippen LogP contribution in [0.5, 0.6) is 5.75 Å². The maximum absolute atomic E-state index is 12.1. The van der Waals surface area contributed by atoms with Gasteiger partial charge in [0, 0.05) is 37.4 Å². The van der Waals surface area contributed by atoms with Crippen LogP contribution in [0.4, 0.5) is 0 Å². The van der Waals surface area contributed by atoms with Crippen molar-refractivity contribution < 1.29 is 23.1 Å². The molecular weight excluding hydrogens is 415 g/mol. The molecule has 0 aliphatic rings. The van der Waals surface area contributed by atoms with Crippen LogP contribution in [0.25, 0.3) is 10.9 Å². The number of aromatic nitrogens is 1. The molecule has 8 heteroatoms. The number of benzene rings is 2. The average molecular weight is 444 g/mol. The minimum absolute atomic E-state index is 0.165. The molecule has 3 aromatic rings. The fourth-order valence-electron chi connectivity index (χ4n) is 3.69. The van der Waals surface area contributed by atoms with Crippen LogP contribution < -0.4 is 10.5 Å². The molecule has 0 bridgehead atoms. The molecule has 2 aromatic carbocycles. The minimum atomic E-state index is -3.04. The zero-order valence-electron chi connectivity index (χ0n) is 18.2. The lowest BCUT2D eigenvalue weighted by molar-refractivity contribution is -0.117. The predicted octanol–water partition coefficient (Wildman–Crippen LogP) is 4.28. The van der Waals surface area contributed by atoms with E-state index in [1.165, 1.54) is 19.8 Å². The molecule has 0 saturated carbocycles. The van der Waals surface area contributed by atoms with E-state index in [0.29, 0.717) is 25.3 Å². The van der Waals surface area contributed by atoms with Crippen molar-refractivity contribution in [3.8, 4) is 5.75 Å². The molecule has 7 nitrogen and oxygen atoms in total. The van der Waals surface area contributed by atoms with Gasteiger partial charge in [-0.05, 0) is 42.7 Å². The van der Waals surface area contributed by atoms with Gasteiger partial charge in [0.1, 0.15) is 5.75 Å². The normalized spacial score (nSPS) is 11.7. The Kier molecular flexibility index (Phi) is 7.55. The Balaban J connectivity index is 1.85. The summed E-state index contributed by atoms with van der Waals surface area (Å²) in [4.78, 5) is 11.7. The van der Waals surface area contributed by atoms with Gasteiger partial charge in [-0.15, -0.1) is 0 Å². The largest absolute Gasteiger partial charge is 0.494 e. The van der Waals surface area contributed by atoms with Gasteiger partial charge < -0.3 is 24.1 Å². The Hall–Kier alpha value is -2.60. The third-order valence-corrected chi connectivity index (χ3v) is 7.34. The number of rotatable bonds is 11. The van der Waals surface area contributed by atoms with Crippen molar-refractivity contribution in [2.24, 2.45) is 5.73 Å². The summed E-state index contributed by atoms with van der Waals surface area (Å²) in [6.07, 6.45) is 0.972. The van der Waals surface area contributed by atoms with E-state index in [4.69, 9.17) is 19.5 Å². The predicted molar refractivity (Wildman–Crippen MR) is 122 cm³/mol. The lowest BCUT2D eigenvalue weighted by Crippen LogP contribution is -2.14. The van der Waals surface area contributed by atoms with E-state index in [1.54, 1.807) is 0 Å². The highest BCUT2D eigenvalue weighted by molar-refractivity contribution is 7.53. The lowest BCUT2D eigenvalue weighted by Gasteiger charge is -2.13. The number of nitrogens with zero attached hydrogens (tertiary/aromatic N) is 1. The average Bonchev–Trinajstić information content (AvgIpc) is 3.02. The molecule has 0 spiro atoms. The molecule has 0 atom stereocenters. The summed E-state index contributed by atoms with van der Waals surface area (Å²) in [7, 11) is -0.283. The SMILES string of the molecule is COP(=O)(CCCOc1ccc2c(c1)c(CC(N)=O)c(C)n2Cc1ccccc1)OC. The van der Waals surface area contributed by atoms with Crippen molar-refractivity contribution in [1.29, 1.82) is 0 Å². The number of carbonyl (C=O) groups is 1. The van der Waals surface area contributed by atoms with Crippen LogP contribution in [0.15, 0.2) is 48.5 Å². The molecule has 1 heterocycles. The van der Waals surface area contributed by atoms with Crippen LogP contribution in [0.2, 0.25) is 0 Å². The number of hydrogen-bond acceptors (Lipinski definition) is 5. The monoisotopic (exact) mass is 444 g/mol. The Bertz CT molecular complexity index is 1090. The van der Waals surface area contributed by atoms with E-state index in [1.807, 2.05) is 43.3 Å². The summed E-state index contributed by atoms with van der Waals surface area (Å²) in [5.41, 5.74) is 9.64. The summed E-state index contributed by atoms with van der Waals surface area (Å²) in [5, 5.41) is 0.948. The second-order valence-electron chi connectivity index (χ2n) is 7.36. The van der Waals surface area contributed by atoms with E-state index in [-0.39, 0.29) is 18.5 Å². The molecule has 1 amide bonds. The van der Waals surface area contributed by atoms with E-state index >= 15 is 0 Å². The number of ether oxygens (including phenoxy) is 1. The fourth-order valence-corrected chi connectivity index (χ4v) is 4.72. The summed E-state index contributed by atoms with van der Waals surface area (Å²) < 4.78 is 30.1. The first kappa shape index (κ1) is 23.1. The molecule has 3 rings (SSSR count). The maximum atomic E-state index is 12.1. The van der Waals surface area contributed by atoms with Gasteiger partial charge in [0.2, 0.25) is 5.91 Å². The highest BCUT2D eigenvalue weighted by atomic mass is 31.2. The number of amides is 1. The van der Waals surface area contributed by atoms with Gasteiger partial charge >= 0.3 is 7.60 Å².